The van der Waals surface area contributed by atoms with Gasteiger partial charge in [0.25, 0.3) is 0 Å². The van der Waals surface area contributed by atoms with Gasteiger partial charge in [0.15, 0.2) is 0 Å². The van der Waals surface area contributed by atoms with Gasteiger partial charge < -0.3 is 9.72 Å². The summed E-state index contributed by atoms with van der Waals surface area (Å²) in [6.45, 7) is 3.66. The van der Waals surface area contributed by atoms with Gasteiger partial charge in [0, 0.05) is 19.2 Å². The largest absolute Gasteiger partial charge is 0.392 e. The fourth-order valence-electron chi connectivity index (χ4n) is 2.14. The van der Waals surface area contributed by atoms with Crippen LogP contribution in [0, 0.1) is 5.92 Å². The zero-order valence-corrected chi connectivity index (χ0v) is 10.7. The number of hydrogen-bond donors (Lipinski definition) is 1. The van der Waals surface area contributed by atoms with E-state index in [0.29, 0.717) is 17.9 Å². The maximum absolute atomic E-state index is 12.7. The van der Waals surface area contributed by atoms with Crippen LogP contribution in [0.4, 0.5) is 13.2 Å². The summed E-state index contributed by atoms with van der Waals surface area (Å²) < 4.78 is 43.3. The number of ether oxygens (including phenoxy) is 1. The molecular weight excluding hydrogens is 245 g/mol. The van der Waals surface area contributed by atoms with Crippen molar-refractivity contribution in [2.45, 2.75) is 44.9 Å². The molecular formula is C12H17F3N2O. The molecule has 1 heterocycles. The Hall–Kier alpha value is -1.04. The summed E-state index contributed by atoms with van der Waals surface area (Å²) in [6.07, 6.45) is -3.64. The number of aromatic nitrogens is 2. The van der Waals surface area contributed by atoms with Gasteiger partial charge in [-0.2, -0.15) is 13.2 Å². The van der Waals surface area contributed by atoms with Crippen molar-refractivity contribution in [2.75, 3.05) is 7.11 Å². The lowest BCUT2D eigenvalue weighted by atomic mass is 9.89. The molecule has 0 spiro atoms. The Balaban J connectivity index is 2.25. The van der Waals surface area contributed by atoms with Crippen LogP contribution in [-0.2, 0) is 23.2 Å². The molecule has 0 aromatic carbocycles. The summed E-state index contributed by atoms with van der Waals surface area (Å²) in [7, 11) is 1.56. The molecule has 1 N–H and O–H groups in total. The first-order chi connectivity index (χ1) is 8.24. The van der Waals surface area contributed by atoms with Crippen molar-refractivity contribution in [3.8, 4) is 0 Å². The van der Waals surface area contributed by atoms with E-state index in [9.17, 15) is 13.2 Å². The maximum Gasteiger partial charge on any atom is 0.392 e. The number of methoxy groups -OCH3 is 1. The number of fused-ring (bicyclic) bond motifs is 1. The predicted octanol–water partition coefficient (Wildman–Crippen LogP) is 2.96. The lowest BCUT2D eigenvalue weighted by molar-refractivity contribution is -0.177. The molecule has 0 saturated carbocycles. The number of imidazole rings is 1. The molecule has 0 saturated heterocycles. The van der Waals surface area contributed by atoms with Crippen LogP contribution in [0.2, 0.25) is 0 Å². The summed E-state index contributed by atoms with van der Waals surface area (Å²) in [4.78, 5) is 7.35. The Labute approximate surface area is 104 Å². The van der Waals surface area contributed by atoms with E-state index in [1.165, 1.54) is 0 Å². The van der Waals surface area contributed by atoms with Gasteiger partial charge >= 0.3 is 6.18 Å². The molecule has 1 unspecified atom stereocenters. The number of alkyl halides is 3. The summed E-state index contributed by atoms with van der Waals surface area (Å²) in [5.41, 5.74) is 0.741. The van der Waals surface area contributed by atoms with E-state index in [4.69, 9.17) is 4.74 Å². The third-order valence-corrected chi connectivity index (χ3v) is 3.59. The van der Waals surface area contributed by atoms with E-state index < -0.39 is 17.7 Å². The first-order valence-corrected chi connectivity index (χ1v) is 5.94. The molecule has 3 nitrogen and oxygen atoms in total. The molecule has 0 aliphatic heterocycles. The second kappa shape index (κ2) is 4.26. The highest BCUT2D eigenvalue weighted by Crippen LogP contribution is 2.37. The maximum atomic E-state index is 12.7. The van der Waals surface area contributed by atoms with E-state index in [1.807, 2.05) is 13.8 Å². The smallest absolute Gasteiger partial charge is 0.371 e. The minimum Gasteiger partial charge on any atom is -0.371 e. The highest BCUT2D eigenvalue weighted by Gasteiger charge is 2.42. The van der Waals surface area contributed by atoms with Gasteiger partial charge in [-0.05, 0) is 26.7 Å². The average Bonchev–Trinajstić information content (AvgIpc) is 2.71. The number of rotatable bonds is 2. The molecule has 1 aromatic heterocycles. The molecule has 2 rings (SSSR count). The van der Waals surface area contributed by atoms with Crippen LogP contribution in [0.3, 0.4) is 0 Å². The molecule has 1 aliphatic carbocycles. The summed E-state index contributed by atoms with van der Waals surface area (Å²) >= 11 is 0. The molecule has 0 bridgehead atoms. The van der Waals surface area contributed by atoms with E-state index in [2.05, 4.69) is 9.97 Å². The normalized spacial score (nSPS) is 20.9. The zero-order valence-electron chi connectivity index (χ0n) is 10.7. The van der Waals surface area contributed by atoms with Gasteiger partial charge in [-0.25, -0.2) is 4.98 Å². The van der Waals surface area contributed by atoms with Gasteiger partial charge in [0.05, 0.1) is 11.6 Å². The number of H-pyrrole nitrogens is 1. The van der Waals surface area contributed by atoms with Crippen molar-refractivity contribution in [3.05, 3.63) is 17.2 Å². The summed E-state index contributed by atoms with van der Waals surface area (Å²) in [5, 5.41) is 0. The zero-order chi connectivity index (χ0) is 13.6. The Kier molecular flexibility index (Phi) is 3.17. The molecule has 6 heteroatoms. The van der Waals surface area contributed by atoms with Crippen LogP contribution in [-0.4, -0.2) is 23.3 Å². The molecule has 0 radical (unpaired) electrons. The minimum atomic E-state index is -4.13. The van der Waals surface area contributed by atoms with Crippen LogP contribution in [0.5, 0.6) is 0 Å². The molecule has 0 amide bonds. The van der Waals surface area contributed by atoms with Crippen LogP contribution in [0.1, 0.15) is 37.5 Å². The molecule has 0 fully saturated rings. The number of hydrogen-bond acceptors (Lipinski definition) is 2. The van der Waals surface area contributed by atoms with Crippen molar-refractivity contribution in [1.82, 2.24) is 9.97 Å². The van der Waals surface area contributed by atoms with Crippen LogP contribution in [0.15, 0.2) is 0 Å². The number of nitrogens with one attached hydrogen (secondary N) is 1. The monoisotopic (exact) mass is 262 g/mol. The van der Waals surface area contributed by atoms with Gasteiger partial charge in [-0.3, -0.25) is 0 Å². The first-order valence-electron chi connectivity index (χ1n) is 5.94. The van der Waals surface area contributed by atoms with Crippen molar-refractivity contribution in [3.63, 3.8) is 0 Å². The molecule has 1 aliphatic rings. The standard InChI is InChI=1S/C12H17F3N2O/c1-11(2,18-3)10-16-8-5-4-7(12(13,14)15)6-9(8)17-10/h7H,4-6H2,1-3H3,(H,16,17). The molecule has 18 heavy (non-hydrogen) atoms. The van der Waals surface area contributed by atoms with Crippen molar-refractivity contribution < 1.29 is 17.9 Å². The minimum absolute atomic E-state index is 0.00831. The molecule has 102 valence electrons. The number of nitrogens with zero attached hydrogens (tertiary/aromatic N) is 1. The Morgan fingerprint density at radius 2 is 2.00 bits per heavy atom. The van der Waals surface area contributed by atoms with E-state index in [-0.39, 0.29) is 12.8 Å². The lowest BCUT2D eigenvalue weighted by Crippen LogP contribution is -2.28. The highest BCUT2D eigenvalue weighted by atomic mass is 19.4. The van der Waals surface area contributed by atoms with Gasteiger partial charge in [-0.15, -0.1) is 0 Å². The molecule has 1 aromatic rings. The Morgan fingerprint density at radius 3 is 2.56 bits per heavy atom. The number of aryl methyl sites for hydroxylation is 1. The lowest BCUT2D eigenvalue weighted by Gasteiger charge is -2.23. The SMILES string of the molecule is COC(C)(C)c1nc2c([nH]1)CC(C(F)(F)F)CC2. The Bertz CT molecular complexity index is 437. The number of aromatic amines is 1. The third kappa shape index (κ3) is 2.39. The van der Waals surface area contributed by atoms with E-state index in [1.54, 1.807) is 7.11 Å². The Morgan fingerprint density at radius 1 is 1.33 bits per heavy atom. The van der Waals surface area contributed by atoms with Gasteiger partial charge in [0.1, 0.15) is 11.4 Å². The summed E-state index contributed by atoms with van der Waals surface area (Å²) in [5.74, 6) is -0.665. The molecule has 1 atom stereocenters. The quantitative estimate of drug-likeness (QED) is 0.889. The van der Waals surface area contributed by atoms with Crippen molar-refractivity contribution in [1.29, 1.82) is 0 Å². The van der Waals surface area contributed by atoms with Crippen molar-refractivity contribution in [2.24, 2.45) is 5.92 Å². The second-order valence-electron chi connectivity index (χ2n) is 5.21. The summed E-state index contributed by atoms with van der Waals surface area (Å²) in [6, 6.07) is 0. The fraction of sp³-hybridized carbons (Fsp3) is 0.750. The third-order valence-electron chi connectivity index (χ3n) is 3.59. The topological polar surface area (TPSA) is 37.9 Å². The highest BCUT2D eigenvalue weighted by molar-refractivity contribution is 5.21. The average molecular weight is 262 g/mol. The van der Waals surface area contributed by atoms with Crippen LogP contribution >= 0.6 is 0 Å². The fourth-order valence-corrected chi connectivity index (χ4v) is 2.14. The van der Waals surface area contributed by atoms with Gasteiger partial charge in [0.2, 0.25) is 0 Å². The number of halogens is 3. The first kappa shape index (κ1) is 13.4. The van der Waals surface area contributed by atoms with E-state index >= 15 is 0 Å². The second-order valence-corrected chi connectivity index (χ2v) is 5.21. The van der Waals surface area contributed by atoms with E-state index in [0.717, 1.165) is 5.69 Å². The van der Waals surface area contributed by atoms with Gasteiger partial charge in [-0.1, -0.05) is 0 Å². The predicted molar refractivity (Wildman–Crippen MR) is 60.2 cm³/mol. The van der Waals surface area contributed by atoms with Crippen LogP contribution in [0.25, 0.3) is 0 Å². The van der Waals surface area contributed by atoms with Crippen LogP contribution < -0.4 is 0 Å². The van der Waals surface area contributed by atoms with Crippen molar-refractivity contribution >= 4 is 0 Å².